The second-order valence-corrected chi connectivity index (χ2v) is 5.88. The summed E-state index contributed by atoms with van der Waals surface area (Å²) in [6.45, 7) is 9.40. The molecule has 0 aliphatic heterocycles. The first-order valence-corrected chi connectivity index (χ1v) is 6.34. The van der Waals surface area contributed by atoms with Gasteiger partial charge >= 0.3 is 0 Å². The van der Waals surface area contributed by atoms with E-state index in [-0.39, 0.29) is 17.3 Å². The average molecular weight is 288 g/mol. The summed E-state index contributed by atoms with van der Waals surface area (Å²) in [6, 6.07) is 5.50. The normalized spacial score (nSPS) is 13.9. The quantitative estimate of drug-likeness (QED) is 0.875. The van der Waals surface area contributed by atoms with Crippen molar-refractivity contribution in [2.45, 2.75) is 33.7 Å². The summed E-state index contributed by atoms with van der Waals surface area (Å²) < 4.78 is 14.0. The second-order valence-electron chi connectivity index (χ2n) is 5.03. The topological polar surface area (TPSA) is 12.0 Å². The van der Waals surface area contributed by atoms with E-state index in [9.17, 15) is 4.39 Å². The minimum atomic E-state index is -0.204. The highest BCUT2D eigenvalue weighted by Gasteiger charge is 2.25. The number of halogens is 2. The molecule has 1 rings (SSSR count). The Morgan fingerprint density at radius 3 is 2.44 bits per heavy atom. The van der Waals surface area contributed by atoms with Crippen LogP contribution in [0.25, 0.3) is 0 Å². The monoisotopic (exact) mass is 287 g/mol. The van der Waals surface area contributed by atoms with Gasteiger partial charge in [0.1, 0.15) is 5.82 Å². The van der Waals surface area contributed by atoms with Gasteiger partial charge in [0, 0.05) is 6.04 Å². The molecule has 0 radical (unpaired) electrons. The van der Waals surface area contributed by atoms with Crippen LogP contribution in [0.2, 0.25) is 0 Å². The van der Waals surface area contributed by atoms with Gasteiger partial charge in [0.2, 0.25) is 0 Å². The lowest BCUT2D eigenvalue weighted by Crippen LogP contribution is -2.32. The van der Waals surface area contributed by atoms with Crippen LogP contribution in [-0.4, -0.2) is 6.54 Å². The van der Waals surface area contributed by atoms with E-state index in [1.165, 1.54) is 0 Å². The Kier molecular flexibility index (Phi) is 4.51. The molecule has 1 atom stereocenters. The van der Waals surface area contributed by atoms with Crippen molar-refractivity contribution in [3.05, 3.63) is 34.1 Å². The predicted octanol–water partition coefficient (Wildman–Crippen LogP) is 4.28. The largest absolute Gasteiger partial charge is 0.310 e. The molecular weight excluding hydrogens is 269 g/mol. The lowest BCUT2D eigenvalue weighted by atomic mass is 9.82. The van der Waals surface area contributed by atoms with Gasteiger partial charge in [-0.3, -0.25) is 0 Å². The van der Waals surface area contributed by atoms with Crippen LogP contribution in [0.15, 0.2) is 22.7 Å². The number of rotatable bonds is 3. The average Bonchev–Trinajstić information content (AvgIpc) is 2.17. The van der Waals surface area contributed by atoms with E-state index >= 15 is 0 Å². The van der Waals surface area contributed by atoms with Crippen LogP contribution < -0.4 is 5.32 Å². The fraction of sp³-hybridized carbons (Fsp3) is 0.538. The van der Waals surface area contributed by atoms with Crippen LogP contribution in [0, 0.1) is 11.2 Å². The van der Waals surface area contributed by atoms with Crippen molar-refractivity contribution in [3.8, 4) is 0 Å². The Hall–Kier alpha value is -0.410. The molecule has 0 heterocycles. The zero-order chi connectivity index (χ0) is 12.3. The van der Waals surface area contributed by atoms with Crippen molar-refractivity contribution in [2.24, 2.45) is 5.41 Å². The van der Waals surface area contributed by atoms with Crippen molar-refractivity contribution in [1.82, 2.24) is 5.32 Å². The van der Waals surface area contributed by atoms with Gasteiger partial charge in [0.15, 0.2) is 0 Å². The highest BCUT2D eigenvalue weighted by atomic mass is 79.9. The van der Waals surface area contributed by atoms with E-state index in [2.05, 4.69) is 48.9 Å². The first kappa shape index (κ1) is 13.7. The summed E-state index contributed by atoms with van der Waals surface area (Å²) in [5.41, 5.74) is 1.06. The summed E-state index contributed by atoms with van der Waals surface area (Å²) in [4.78, 5) is 0. The first-order valence-electron chi connectivity index (χ1n) is 5.54. The summed E-state index contributed by atoms with van der Waals surface area (Å²) in [5, 5.41) is 3.40. The van der Waals surface area contributed by atoms with Gasteiger partial charge in [-0.15, -0.1) is 0 Å². The minimum absolute atomic E-state index is 0.0658. The molecule has 0 saturated heterocycles. The molecule has 0 aliphatic rings. The van der Waals surface area contributed by atoms with E-state index in [0.29, 0.717) is 4.47 Å². The van der Waals surface area contributed by atoms with Crippen LogP contribution in [0.1, 0.15) is 39.3 Å². The molecule has 3 heteroatoms. The number of nitrogens with one attached hydrogen (secondary N) is 1. The van der Waals surface area contributed by atoms with Crippen LogP contribution in [0.5, 0.6) is 0 Å². The number of hydrogen-bond donors (Lipinski definition) is 1. The van der Waals surface area contributed by atoms with Gasteiger partial charge in [-0.25, -0.2) is 4.39 Å². The number of benzene rings is 1. The van der Waals surface area contributed by atoms with Crippen LogP contribution in [0.3, 0.4) is 0 Å². The molecule has 0 fully saturated rings. The molecule has 1 nitrogen and oxygen atoms in total. The van der Waals surface area contributed by atoms with Crippen molar-refractivity contribution in [3.63, 3.8) is 0 Å². The predicted molar refractivity (Wildman–Crippen MR) is 70.0 cm³/mol. The van der Waals surface area contributed by atoms with Crippen LogP contribution in [-0.2, 0) is 0 Å². The van der Waals surface area contributed by atoms with Crippen LogP contribution >= 0.6 is 15.9 Å². The van der Waals surface area contributed by atoms with Crippen molar-refractivity contribution < 1.29 is 4.39 Å². The maximum absolute atomic E-state index is 13.5. The van der Waals surface area contributed by atoms with E-state index < -0.39 is 0 Å². The Morgan fingerprint density at radius 2 is 2.00 bits per heavy atom. The summed E-state index contributed by atoms with van der Waals surface area (Å²) in [6.07, 6.45) is 0. The molecule has 0 bridgehead atoms. The molecule has 1 aromatic rings. The highest BCUT2D eigenvalue weighted by molar-refractivity contribution is 9.10. The molecule has 0 aliphatic carbocycles. The fourth-order valence-corrected chi connectivity index (χ4v) is 2.07. The summed E-state index contributed by atoms with van der Waals surface area (Å²) in [5.74, 6) is -0.204. The standard InChI is InChI=1S/C13H19BrFN/c1-5-16-12(13(2,3)4)9-6-7-10(14)11(15)8-9/h6-8,12,16H,5H2,1-4H3. The van der Waals surface area contributed by atoms with Gasteiger partial charge in [0.25, 0.3) is 0 Å². The molecule has 0 spiro atoms. The Balaban J connectivity index is 3.06. The maximum Gasteiger partial charge on any atom is 0.137 e. The van der Waals surface area contributed by atoms with Gasteiger partial charge in [0.05, 0.1) is 4.47 Å². The van der Waals surface area contributed by atoms with Crippen molar-refractivity contribution >= 4 is 15.9 Å². The van der Waals surface area contributed by atoms with Gasteiger partial charge in [-0.1, -0.05) is 33.8 Å². The second kappa shape index (κ2) is 5.28. The molecule has 1 unspecified atom stereocenters. The molecule has 90 valence electrons. The summed E-state index contributed by atoms with van der Waals surface area (Å²) >= 11 is 3.17. The van der Waals surface area contributed by atoms with E-state index in [1.54, 1.807) is 12.1 Å². The maximum atomic E-state index is 13.5. The van der Waals surface area contributed by atoms with E-state index in [0.717, 1.165) is 12.1 Å². The molecule has 0 amide bonds. The molecule has 0 saturated carbocycles. The summed E-state index contributed by atoms with van der Waals surface area (Å²) in [7, 11) is 0. The molecular formula is C13H19BrFN. The van der Waals surface area contributed by atoms with Gasteiger partial charge < -0.3 is 5.32 Å². The minimum Gasteiger partial charge on any atom is -0.310 e. The molecule has 1 aromatic carbocycles. The molecule has 1 N–H and O–H groups in total. The van der Waals surface area contributed by atoms with Crippen molar-refractivity contribution in [1.29, 1.82) is 0 Å². The molecule has 16 heavy (non-hydrogen) atoms. The third-order valence-corrected chi connectivity index (χ3v) is 3.19. The highest BCUT2D eigenvalue weighted by Crippen LogP contribution is 2.33. The zero-order valence-electron chi connectivity index (χ0n) is 10.3. The van der Waals surface area contributed by atoms with E-state index in [1.807, 2.05) is 6.07 Å². The zero-order valence-corrected chi connectivity index (χ0v) is 11.9. The fourth-order valence-electron chi connectivity index (χ4n) is 1.82. The van der Waals surface area contributed by atoms with Gasteiger partial charge in [-0.05, 0) is 45.6 Å². The Morgan fingerprint density at radius 1 is 1.38 bits per heavy atom. The van der Waals surface area contributed by atoms with Gasteiger partial charge in [-0.2, -0.15) is 0 Å². The lowest BCUT2D eigenvalue weighted by molar-refractivity contribution is 0.276. The third-order valence-electron chi connectivity index (χ3n) is 2.55. The van der Waals surface area contributed by atoms with Crippen molar-refractivity contribution in [2.75, 3.05) is 6.54 Å². The first-order chi connectivity index (χ1) is 7.36. The lowest BCUT2D eigenvalue weighted by Gasteiger charge is -2.32. The van der Waals surface area contributed by atoms with Crippen LogP contribution in [0.4, 0.5) is 4.39 Å². The smallest absolute Gasteiger partial charge is 0.137 e. The Bertz CT molecular complexity index is 357. The Labute approximate surface area is 106 Å². The van der Waals surface area contributed by atoms with E-state index in [4.69, 9.17) is 0 Å². The third kappa shape index (κ3) is 3.29. The molecule has 0 aromatic heterocycles. The number of hydrogen-bond acceptors (Lipinski definition) is 1. The SMILES string of the molecule is CCNC(c1ccc(Br)c(F)c1)C(C)(C)C.